The maximum atomic E-state index is 4.71. The van der Waals surface area contributed by atoms with Crippen LogP contribution in [0.1, 0.15) is 43.0 Å². The zero-order valence-electron chi connectivity index (χ0n) is 16.5. The fraction of sp³-hybridized carbons (Fsp3) is 0.455. The Morgan fingerprint density at radius 1 is 1.11 bits per heavy atom. The first-order chi connectivity index (χ1) is 13.0. The van der Waals surface area contributed by atoms with E-state index < -0.39 is 0 Å². The lowest BCUT2D eigenvalue weighted by atomic mass is 9.98. The second-order valence-electron chi connectivity index (χ2n) is 7.79. The summed E-state index contributed by atoms with van der Waals surface area (Å²) in [6.45, 7) is 9.05. The molecule has 0 atom stereocenters. The van der Waals surface area contributed by atoms with Gasteiger partial charge in [-0.05, 0) is 56.9 Å². The van der Waals surface area contributed by atoms with Gasteiger partial charge < -0.3 is 4.90 Å². The predicted molar refractivity (Wildman–Crippen MR) is 118 cm³/mol. The number of nitrogens with zero attached hydrogens (tertiary/aromatic N) is 3. The number of piperidine rings is 1. The average Bonchev–Trinajstić information content (AvgIpc) is 3.00. The molecule has 3 nitrogen and oxygen atoms in total. The standard InChI is InChI=1S/C22H27N3S2/c1-14(2)16-5-7-17(8-6-16)19-15(3)26-21-20(19)22(24-13-23-21)27-18-9-11-25(4)12-10-18/h5-8,13-14,18H,9-12H2,1-4H3. The van der Waals surface area contributed by atoms with Crippen LogP contribution in [0.3, 0.4) is 0 Å². The van der Waals surface area contributed by atoms with Crippen molar-refractivity contribution in [3.05, 3.63) is 41.0 Å². The van der Waals surface area contributed by atoms with Crippen LogP contribution in [0.5, 0.6) is 0 Å². The van der Waals surface area contributed by atoms with E-state index in [1.54, 1.807) is 17.7 Å². The lowest BCUT2D eigenvalue weighted by Crippen LogP contribution is -2.31. The van der Waals surface area contributed by atoms with Crippen LogP contribution in [0.25, 0.3) is 21.3 Å². The summed E-state index contributed by atoms with van der Waals surface area (Å²) in [6.07, 6.45) is 4.20. The number of thiophene rings is 1. The number of hydrogen-bond acceptors (Lipinski definition) is 5. The molecule has 0 aliphatic carbocycles. The van der Waals surface area contributed by atoms with Crippen LogP contribution in [-0.4, -0.2) is 40.3 Å². The molecule has 142 valence electrons. The summed E-state index contributed by atoms with van der Waals surface area (Å²) in [4.78, 5) is 14.2. The van der Waals surface area contributed by atoms with Gasteiger partial charge in [-0.15, -0.1) is 23.1 Å². The van der Waals surface area contributed by atoms with Crippen molar-refractivity contribution in [2.75, 3.05) is 20.1 Å². The first kappa shape index (κ1) is 18.9. The first-order valence-corrected chi connectivity index (χ1v) is 11.4. The molecule has 27 heavy (non-hydrogen) atoms. The third-order valence-electron chi connectivity index (χ3n) is 5.44. The van der Waals surface area contributed by atoms with Gasteiger partial charge in [0.1, 0.15) is 16.2 Å². The van der Waals surface area contributed by atoms with Crippen LogP contribution >= 0.6 is 23.1 Å². The number of hydrogen-bond donors (Lipinski definition) is 0. The topological polar surface area (TPSA) is 29.0 Å². The van der Waals surface area contributed by atoms with E-state index in [2.05, 4.69) is 62.0 Å². The number of aryl methyl sites for hydroxylation is 1. The van der Waals surface area contributed by atoms with Crippen molar-refractivity contribution in [1.29, 1.82) is 0 Å². The van der Waals surface area contributed by atoms with Crippen LogP contribution < -0.4 is 0 Å². The smallest absolute Gasteiger partial charge is 0.128 e. The summed E-state index contributed by atoms with van der Waals surface area (Å²) in [5.74, 6) is 0.554. The molecule has 3 aromatic rings. The van der Waals surface area contributed by atoms with E-state index in [0.29, 0.717) is 11.2 Å². The van der Waals surface area contributed by atoms with E-state index in [-0.39, 0.29) is 0 Å². The van der Waals surface area contributed by atoms with Crippen molar-refractivity contribution >= 4 is 33.3 Å². The first-order valence-electron chi connectivity index (χ1n) is 9.72. The van der Waals surface area contributed by atoms with Gasteiger partial charge in [-0.2, -0.15) is 0 Å². The van der Waals surface area contributed by atoms with E-state index in [9.17, 15) is 0 Å². The highest BCUT2D eigenvalue weighted by Gasteiger charge is 2.22. The van der Waals surface area contributed by atoms with E-state index in [1.165, 1.54) is 52.9 Å². The van der Waals surface area contributed by atoms with Crippen molar-refractivity contribution in [1.82, 2.24) is 14.9 Å². The lowest BCUT2D eigenvalue weighted by Gasteiger charge is -2.28. The Labute approximate surface area is 170 Å². The highest BCUT2D eigenvalue weighted by molar-refractivity contribution is 8.00. The number of benzene rings is 1. The summed E-state index contributed by atoms with van der Waals surface area (Å²) in [5.41, 5.74) is 3.98. The van der Waals surface area contributed by atoms with Crippen LogP contribution in [0.4, 0.5) is 0 Å². The monoisotopic (exact) mass is 397 g/mol. The number of likely N-dealkylation sites (tertiary alicyclic amines) is 1. The van der Waals surface area contributed by atoms with Gasteiger partial charge in [0.05, 0.1) is 5.39 Å². The van der Waals surface area contributed by atoms with Crippen molar-refractivity contribution in [2.45, 2.75) is 49.8 Å². The van der Waals surface area contributed by atoms with Gasteiger partial charge in [0.2, 0.25) is 0 Å². The van der Waals surface area contributed by atoms with Crippen LogP contribution in [-0.2, 0) is 0 Å². The Morgan fingerprint density at radius 2 is 1.81 bits per heavy atom. The number of thioether (sulfide) groups is 1. The predicted octanol–water partition coefficient (Wildman–Crippen LogP) is 5.98. The summed E-state index contributed by atoms with van der Waals surface area (Å²) in [7, 11) is 2.21. The van der Waals surface area contributed by atoms with E-state index in [4.69, 9.17) is 4.98 Å². The molecular weight excluding hydrogens is 370 g/mol. The molecule has 1 aromatic carbocycles. The number of rotatable bonds is 4. The van der Waals surface area contributed by atoms with Crippen molar-refractivity contribution in [2.24, 2.45) is 0 Å². The molecule has 2 aromatic heterocycles. The van der Waals surface area contributed by atoms with Gasteiger partial charge in [0.15, 0.2) is 0 Å². The Balaban J connectivity index is 1.73. The third-order valence-corrected chi connectivity index (χ3v) is 7.79. The molecule has 1 aliphatic rings. The van der Waals surface area contributed by atoms with E-state index in [0.717, 1.165) is 9.86 Å². The number of aromatic nitrogens is 2. The normalized spacial score (nSPS) is 16.5. The van der Waals surface area contributed by atoms with Gasteiger partial charge in [0, 0.05) is 15.7 Å². The molecule has 1 saturated heterocycles. The molecule has 1 fully saturated rings. The fourth-order valence-electron chi connectivity index (χ4n) is 3.75. The van der Waals surface area contributed by atoms with Crippen molar-refractivity contribution in [3.63, 3.8) is 0 Å². The molecule has 4 rings (SSSR count). The zero-order valence-corrected chi connectivity index (χ0v) is 18.2. The fourth-order valence-corrected chi connectivity index (χ4v) is 6.01. The Bertz CT molecular complexity index is 923. The van der Waals surface area contributed by atoms with Crippen molar-refractivity contribution < 1.29 is 0 Å². The van der Waals surface area contributed by atoms with Crippen LogP contribution in [0, 0.1) is 6.92 Å². The highest BCUT2D eigenvalue weighted by atomic mass is 32.2. The minimum atomic E-state index is 0.554. The summed E-state index contributed by atoms with van der Waals surface area (Å²) in [6, 6.07) is 9.05. The SMILES string of the molecule is Cc1sc2ncnc(SC3CCN(C)CC3)c2c1-c1ccc(C(C)C)cc1. The molecule has 3 heterocycles. The minimum absolute atomic E-state index is 0.554. The highest BCUT2D eigenvalue weighted by Crippen LogP contribution is 2.43. The lowest BCUT2D eigenvalue weighted by molar-refractivity contribution is 0.282. The second-order valence-corrected chi connectivity index (χ2v) is 10.3. The Hall–Kier alpha value is -1.43. The Morgan fingerprint density at radius 3 is 2.48 bits per heavy atom. The molecule has 0 bridgehead atoms. The molecule has 1 aliphatic heterocycles. The average molecular weight is 398 g/mol. The maximum absolute atomic E-state index is 4.71. The molecule has 0 N–H and O–H groups in total. The van der Waals surface area contributed by atoms with E-state index in [1.807, 2.05) is 11.8 Å². The largest absolute Gasteiger partial charge is 0.306 e. The third kappa shape index (κ3) is 3.91. The maximum Gasteiger partial charge on any atom is 0.128 e. The van der Waals surface area contributed by atoms with Gasteiger partial charge in [-0.1, -0.05) is 38.1 Å². The van der Waals surface area contributed by atoms with Gasteiger partial charge in [0.25, 0.3) is 0 Å². The second kappa shape index (κ2) is 7.90. The molecule has 0 unspecified atom stereocenters. The van der Waals surface area contributed by atoms with Gasteiger partial charge >= 0.3 is 0 Å². The molecule has 5 heteroatoms. The summed E-state index contributed by atoms with van der Waals surface area (Å²) in [5, 5.41) is 3.05. The van der Waals surface area contributed by atoms with Crippen LogP contribution in [0.2, 0.25) is 0 Å². The molecule has 0 amide bonds. The minimum Gasteiger partial charge on any atom is -0.306 e. The molecule has 0 radical (unpaired) electrons. The van der Waals surface area contributed by atoms with Gasteiger partial charge in [-0.25, -0.2) is 9.97 Å². The molecular formula is C22H27N3S2. The van der Waals surface area contributed by atoms with Crippen LogP contribution in [0.15, 0.2) is 35.6 Å². The molecule has 0 saturated carbocycles. The summed E-state index contributed by atoms with van der Waals surface area (Å²) >= 11 is 3.74. The Kier molecular flexibility index (Phi) is 5.53. The zero-order chi connectivity index (χ0) is 19.0. The quantitative estimate of drug-likeness (QED) is 0.507. The van der Waals surface area contributed by atoms with Gasteiger partial charge in [-0.3, -0.25) is 0 Å². The van der Waals surface area contributed by atoms with E-state index >= 15 is 0 Å². The molecule has 0 spiro atoms. The van der Waals surface area contributed by atoms with Crippen molar-refractivity contribution in [3.8, 4) is 11.1 Å². The number of fused-ring (bicyclic) bond motifs is 1. The summed E-state index contributed by atoms with van der Waals surface area (Å²) < 4.78 is 0.